The van der Waals surface area contributed by atoms with Gasteiger partial charge < -0.3 is 5.32 Å². The molecule has 1 saturated carbocycles. The lowest BCUT2D eigenvalue weighted by Gasteiger charge is -2.36. The van der Waals surface area contributed by atoms with Gasteiger partial charge in [0.1, 0.15) is 0 Å². The summed E-state index contributed by atoms with van der Waals surface area (Å²) in [5.74, 6) is 0. The minimum atomic E-state index is 0.155. The molecule has 2 nitrogen and oxygen atoms in total. The average Bonchev–Trinajstić information content (AvgIpc) is 2.74. The number of hydrogen-bond donors (Lipinski definition) is 1. The monoisotopic (exact) mass is 308 g/mol. The molecule has 21 heavy (non-hydrogen) atoms. The molecule has 0 radical (unpaired) electrons. The SMILES string of the molecule is Cc1nc(C(C)(C)C)sc1C(C)NC1CCC(C)(C)CC1. The molecule has 1 heterocycles. The quantitative estimate of drug-likeness (QED) is 0.812. The summed E-state index contributed by atoms with van der Waals surface area (Å²) in [6.07, 6.45) is 5.29. The molecular weight excluding hydrogens is 276 g/mol. The fourth-order valence-electron chi connectivity index (χ4n) is 3.13. The molecule has 2 rings (SSSR count). The largest absolute Gasteiger partial charge is 0.307 e. The van der Waals surface area contributed by atoms with Crippen molar-refractivity contribution in [1.82, 2.24) is 10.3 Å². The van der Waals surface area contributed by atoms with Crippen LogP contribution in [0.15, 0.2) is 0 Å². The van der Waals surface area contributed by atoms with Crippen LogP contribution in [0.5, 0.6) is 0 Å². The summed E-state index contributed by atoms with van der Waals surface area (Å²) in [5, 5.41) is 5.11. The summed E-state index contributed by atoms with van der Waals surface area (Å²) in [5.41, 5.74) is 1.91. The van der Waals surface area contributed by atoms with E-state index in [-0.39, 0.29) is 5.41 Å². The van der Waals surface area contributed by atoms with Gasteiger partial charge in [-0.05, 0) is 44.9 Å². The Labute approximate surface area is 134 Å². The Morgan fingerprint density at radius 1 is 1.24 bits per heavy atom. The third-order valence-electron chi connectivity index (χ3n) is 4.69. The maximum absolute atomic E-state index is 4.80. The van der Waals surface area contributed by atoms with E-state index < -0.39 is 0 Å². The first-order valence-corrected chi connectivity index (χ1v) is 9.14. The van der Waals surface area contributed by atoms with Crippen LogP contribution in [0.25, 0.3) is 0 Å². The van der Waals surface area contributed by atoms with Crippen molar-refractivity contribution in [3.05, 3.63) is 15.6 Å². The highest BCUT2D eigenvalue weighted by Crippen LogP contribution is 2.37. The van der Waals surface area contributed by atoms with Crippen LogP contribution in [0.3, 0.4) is 0 Å². The highest BCUT2D eigenvalue weighted by molar-refractivity contribution is 7.12. The number of aryl methyl sites for hydroxylation is 1. The predicted molar refractivity (Wildman–Crippen MR) is 93.1 cm³/mol. The van der Waals surface area contributed by atoms with E-state index in [4.69, 9.17) is 4.98 Å². The van der Waals surface area contributed by atoms with Crippen molar-refractivity contribution in [2.45, 2.75) is 91.6 Å². The second-order valence-corrected chi connectivity index (χ2v) is 9.58. The van der Waals surface area contributed by atoms with Gasteiger partial charge in [-0.1, -0.05) is 34.6 Å². The Balaban J connectivity index is 2.01. The number of thiazole rings is 1. The summed E-state index contributed by atoms with van der Waals surface area (Å²) >= 11 is 1.89. The molecule has 1 N–H and O–H groups in total. The van der Waals surface area contributed by atoms with Crippen molar-refractivity contribution < 1.29 is 0 Å². The molecule has 0 aromatic carbocycles. The molecule has 0 saturated heterocycles. The van der Waals surface area contributed by atoms with Gasteiger partial charge in [-0.2, -0.15) is 0 Å². The van der Waals surface area contributed by atoms with Gasteiger partial charge in [0.15, 0.2) is 0 Å². The highest BCUT2D eigenvalue weighted by Gasteiger charge is 2.28. The van der Waals surface area contributed by atoms with E-state index in [9.17, 15) is 0 Å². The van der Waals surface area contributed by atoms with Gasteiger partial charge >= 0.3 is 0 Å². The van der Waals surface area contributed by atoms with Gasteiger partial charge in [0.2, 0.25) is 0 Å². The molecule has 0 amide bonds. The number of nitrogens with one attached hydrogen (secondary N) is 1. The number of aromatic nitrogens is 1. The van der Waals surface area contributed by atoms with E-state index in [2.05, 4.69) is 53.8 Å². The van der Waals surface area contributed by atoms with E-state index >= 15 is 0 Å². The lowest BCUT2D eigenvalue weighted by atomic mass is 9.75. The predicted octanol–water partition coefficient (Wildman–Crippen LogP) is 5.37. The molecular formula is C18H32N2S. The number of hydrogen-bond acceptors (Lipinski definition) is 3. The van der Waals surface area contributed by atoms with Gasteiger partial charge in [0.05, 0.1) is 10.7 Å². The Bertz CT molecular complexity index is 472. The van der Waals surface area contributed by atoms with Crippen LogP contribution < -0.4 is 5.32 Å². The van der Waals surface area contributed by atoms with Crippen LogP contribution in [0.2, 0.25) is 0 Å². The maximum Gasteiger partial charge on any atom is 0.0985 e. The standard InChI is InChI=1S/C18H32N2S/c1-12(19-14-8-10-18(6,7)11-9-14)15-13(2)20-16(21-15)17(3,4)5/h12,14,19H,8-11H2,1-7H3. The minimum absolute atomic E-state index is 0.155. The van der Waals surface area contributed by atoms with Gasteiger partial charge in [-0.3, -0.25) is 0 Å². The smallest absolute Gasteiger partial charge is 0.0985 e. The fourth-order valence-corrected chi connectivity index (χ4v) is 4.26. The average molecular weight is 309 g/mol. The van der Waals surface area contributed by atoms with Crippen molar-refractivity contribution in [2.75, 3.05) is 0 Å². The first-order valence-electron chi connectivity index (χ1n) is 8.32. The van der Waals surface area contributed by atoms with Crippen LogP contribution in [0.1, 0.15) is 88.8 Å². The molecule has 0 bridgehead atoms. The zero-order valence-electron chi connectivity index (χ0n) is 14.8. The van der Waals surface area contributed by atoms with Crippen LogP contribution in [0, 0.1) is 12.3 Å². The lowest BCUT2D eigenvalue weighted by Crippen LogP contribution is -2.36. The molecule has 1 atom stereocenters. The molecule has 3 heteroatoms. The molecule has 0 spiro atoms. The zero-order chi connectivity index (χ0) is 15.8. The molecule has 1 aromatic rings. The van der Waals surface area contributed by atoms with Gasteiger partial charge in [0.25, 0.3) is 0 Å². The summed E-state index contributed by atoms with van der Waals surface area (Å²) in [6, 6.07) is 1.09. The first-order chi connectivity index (χ1) is 9.58. The Morgan fingerprint density at radius 2 is 1.81 bits per heavy atom. The Morgan fingerprint density at radius 3 is 2.29 bits per heavy atom. The first kappa shape index (κ1) is 17.0. The molecule has 1 aliphatic carbocycles. The molecule has 1 fully saturated rings. The summed E-state index contributed by atoms with van der Waals surface area (Å²) in [4.78, 5) is 6.22. The third kappa shape index (κ3) is 4.29. The summed E-state index contributed by atoms with van der Waals surface area (Å²) in [7, 11) is 0. The molecule has 1 aliphatic rings. The maximum atomic E-state index is 4.80. The van der Waals surface area contributed by atoms with E-state index in [1.165, 1.54) is 41.3 Å². The lowest BCUT2D eigenvalue weighted by molar-refractivity contribution is 0.200. The molecule has 1 unspecified atom stereocenters. The Hall–Kier alpha value is -0.410. The third-order valence-corrected chi connectivity index (χ3v) is 6.46. The van der Waals surface area contributed by atoms with Crippen molar-refractivity contribution in [2.24, 2.45) is 5.41 Å². The molecule has 1 aromatic heterocycles. The zero-order valence-corrected chi connectivity index (χ0v) is 15.7. The van der Waals surface area contributed by atoms with Crippen LogP contribution in [-0.2, 0) is 5.41 Å². The van der Waals surface area contributed by atoms with Crippen LogP contribution >= 0.6 is 11.3 Å². The van der Waals surface area contributed by atoms with Crippen molar-refractivity contribution in [3.8, 4) is 0 Å². The van der Waals surface area contributed by atoms with Gasteiger partial charge in [-0.15, -0.1) is 11.3 Å². The van der Waals surface area contributed by atoms with Crippen LogP contribution in [0.4, 0.5) is 0 Å². The van der Waals surface area contributed by atoms with Crippen LogP contribution in [-0.4, -0.2) is 11.0 Å². The van der Waals surface area contributed by atoms with Gasteiger partial charge in [0, 0.05) is 22.4 Å². The number of rotatable bonds is 3. The number of nitrogens with zero attached hydrogens (tertiary/aromatic N) is 1. The van der Waals surface area contributed by atoms with Crippen molar-refractivity contribution >= 4 is 11.3 Å². The van der Waals surface area contributed by atoms with E-state index in [0.29, 0.717) is 17.5 Å². The minimum Gasteiger partial charge on any atom is -0.307 e. The Kier molecular flexibility index (Phi) is 4.84. The molecule has 0 aliphatic heterocycles. The highest BCUT2D eigenvalue weighted by atomic mass is 32.1. The second kappa shape index (κ2) is 6.00. The van der Waals surface area contributed by atoms with Crippen molar-refractivity contribution in [3.63, 3.8) is 0 Å². The van der Waals surface area contributed by atoms with E-state index in [1.54, 1.807) is 0 Å². The normalized spacial score (nSPS) is 21.5. The van der Waals surface area contributed by atoms with E-state index in [1.807, 2.05) is 11.3 Å². The van der Waals surface area contributed by atoms with Gasteiger partial charge in [-0.25, -0.2) is 4.98 Å². The summed E-state index contributed by atoms with van der Waals surface area (Å²) in [6.45, 7) is 16.0. The topological polar surface area (TPSA) is 24.9 Å². The van der Waals surface area contributed by atoms with E-state index in [0.717, 1.165) is 0 Å². The molecule has 120 valence electrons. The fraction of sp³-hybridized carbons (Fsp3) is 0.833. The second-order valence-electron chi connectivity index (χ2n) is 8.55. The van der Waals surface area contributed by atoms with Crippen molar-refractivity contribution in [1.29, 1.82) is 0 Å². The summed E-state index contributed by atoms with van der Waals surface area (Å²) < 4.78 is 0.